The van der Waals surface area contributed by atoms with E-state index in [9.17, 15) is 9.59 Å². The Balaban J connectivity index is 1.42. The first-order chi connectivity index (χ1) is 12.6. The van der Waals surface area contributed by atoms with Crippen molar-refractivity contribution in [2.75, 3.05) is 30.3 Å². The van der Waals surface area contributed by atoms with Gasteiger partial charge in [0.25, 0.3) is 0 Å². The molecule has 1 heterocycles. The molecule has 0 aliphatic carbocycles. The number of rotatable bonds is 5. The zero-order valence-electron chi connectivity index (χ0n) is 14.5. The second-order valence-corrected chi connectivity index (χ2v) is 7.38. The molecule has 3 rings (SSSR count). The number of nitrogens with one attached hydrogen (secondary N) is 2. The molecule has 1 aliphatic rings. The number of piperidine rings is 1. The average molecular weight is 416 g/mol. The summed E-state index contributed by atoms with van der Waals surface area (Å²) in [6, 6.07) is 17.0. The highest BCUT2D eigenvalue weighted by atomic mass is 79.9. The molecule has 2 amide bonds. The Kier molecular flexibility index (Phi) is 6.41. The number of benzene rings is 2. The SMILES string of the molecule is O=C(CN1CCC(C(=O)Nc2ccccc2)CC1)Nc1ccc(Br)cc1. The van der Waals surface area contributed by atoms with E-state index in [1.165, 1.54) is 0 Å². The molecule has 2 N–H and O–H groups in total. The molecule has 26 heavy (non-hydrogen) atoms. The Bertz CT molecular complexity index is 741. The normalized spacial score (nSPS) is 15.4. The van der Waals surface area contributed by atoms with Gasteiger partial charge in [-0.2, -0.15) is 0 Å². The fraction of sp³-hybridized carbons (Fsp3) is 0.300. The van der Waals surface area contributed by atoms with Gasteiger partial charge in [0, 0.05) is 21.8 Å². The maximum Gasteiger partial charge on any atom is 0.238 e. The van der Waals surface area contributed by atoms with E-state index in [1.54, 1.807) is 0 Å². The molecule has 0 radical (unpaired) electrons. The van der Waals surface area contributed by atoms with Gasteiger partial charge < -0.3 is 10.6 Å². The summed E-state index contributed by atoms with van der Waals surface area (Å²) in [5.41, 5.74) is 1.61. The number of hydrogen-bond acceptors (Lipinski definition) is 3. The highest BCUT2D eigenvalue weighted by molar-refractivity contribution is 9.10. The molecule has 1 aliphatic heterocycles. The molecule has 6 heteroatoms. The summed E-state index contributed by atoms with van der Waals surface area (Å²) in [5.74, 6) is 0.0377. The number of amides is 2. The fourth-order valence-electron chi connectivity index (χ4n) is 3.06. The van der Waals surface area contributed by atoms with Gasteiger partial charge in [-0.05, 0) is 62.3 Å². The van der Waals surface area contributed by atoms with Gasteiger partial charge in [-0.15, -0.1) is 0 Å². The molecular weight excluding hydrogens is 394 g/mol. The smallest absolute Gasteiger partial charge is 0.238 e. The highest BCUT2D eigenvalue weighted by Gasteiger charge is 2.25. The van der Waals surface area contributed by atoms with E-state index in [0.29, 0.717) is 6.54 Å². The van der Waals surface area contributed by atoms with E-state index in [4.69, 9.17) is 0 Å². The van der Waals surface area contributed by atoms with Gasteiger partial charge in [0.2, 0.25) is 11.8 Å². The molecule has 2 aromatic rings. The van der Waals surface area contributed by atoms with Gasteiger partial charge in [0.05, 0.1) is 6.54 Å². The van der Waals surface area contributed by atoms with Crippen LogP contribution in [0.1, 0.15) is 12.8 Å². The molecule has 0 saturated carbocycles. The summed E-state index contributed by atoms with van der Waals surface area (Å²) in [4.78, 5) is 26.6. The van der Waals surface area contributed by atoms with Crippen LogP contribution in [0.3, 0.4) is 0 Å². The molecule has 0 bridgehead atoms. The zero-order valence-corrected chi connectivity index (χ0v) is 16.0. The van der Waals surface area contributed by atoms with Crippen LogP contribution in [-0.4, -0.2) is 36.3 Å². The Morgan fingerprint density at radius 1 is 0.923 bits per heavy atom. The number of likely N-dealkylation sites (tertiary alicyclic amines) is 1. The first-order valence-electron chi connectivity index (χ1n) is 8.74. The first-order valence-corrected chi connectivity index (χ1v) is 9.53. The van der Waals surface area contributed by atoms with Gasteiger partial charge in [0.1, 0.15) is 0 Å². The van der Waals surface area contributed by atoms with Crippen molar-refractivity contribution in [3.05, 3.63) is 59.1 Å². The predicted octanol–water partition coefficient (Wildman–Crippen LogP) is 3.74. The minimum atomic E-state index is -0.0282. The summed E-state index contributed by atoms with van der Waals surface area (Å²) in [7, 11) is 0. The number of carbonyl (C=O) groups excluding carboxylic acids is 2. The highest BCUT2D eigenvalue weighted by Crippen LogP contribution is 2.20. The van der Waals surface area contributed by atoms with Crippen LogP contribution in [-0.2, 0) is 9.59 Å². The van der Waals surface area contributed by atoms with E-state index in [1.807, 2.05) is 54.6 Å². The van der Waals surface area contributed by atoms with Crippen LogP contribution in [0.5, 0.6) is 0 Å². The summed E-state index contributed by atoms with van der Waals surface area (Å²) in [5, 5.41) is 5.87. The van der Waals surface area contributed by atoms with Crippen molar-refractivity contribution in [1.29, 1.82) is 0 Å². The summed E-state index contributed by atoms with van der Waals surface area (Å²) >= 11 is 3.38. The number of nitrogens with zero attached hydrogens (tertiary/aromatic N) is 1. The Labute approximate surface area is 161 Å². The largest absolute Gasteiger partial charge is 0.326 e. The molecule has 136 valence electrons. The molecule has 0 aromatic heterocycles. The van der Waals surface area contributed by atoms with Gasteiger partial charge in [-0.1, -0.05) is 34.1 Å². The van der Waals surface area contributed by atoms with Crippen LogP contribution in [0.2, 0.25) is 0 Å². The van der Waals surface area contributed by atoms with E-state index >= 15 is 0 Å². The van der Waals surface area contributed by atoms with Crippen molar-refractivity contribution in [3.63, 3.8) is 0 Å². The van der Waals surface area contributed by atoms with E-state index in [-0.39, 0.29) is 17.7 Å². The quantitative estimate of drug-likeness (QED) is 0.781. The molecule has 1 fully saturated rings. The number of anilines is 2. The number of halogens is 1. The molecule has 0 unspecified atom stereocenters. The van der Waals surface area contributed by atoms with Crippen molar-refractivity contribution >= 4 is 39.1 Å². The van der Waals surface area contributed by atoms with E-state index in [0.717, 1.165) is 41.8 Å². The summed E-state index contributed by atoms with van der Waals surface area (Å²) in [6.45, 7) is 1.85. The van der Waals surface area contributed by atoms with Gasteiger partial charge >= 0.3 is 0 Å². The van der Waals surface area contributed by atoms with E-state index < -0.39 is 0 Å². The van der Waals surface area contributed by atoms with Gasteiger partial charge in [0.15, 0.2) is 0 Å². The Hall–Kier alpha value is -2.18. The second kappa shape index (κ2) is 8.96. The van der Waals surface area contributed by atoms with Gasteiger partial charge in [-0.3, -0.25) is 14.5 Å². The Morgan fingerprint density at radius 3 is 2.19 bits per heavy atom. The van der Waals surface area contributed by atoms with Gasteiger partial charge in [-0.25, -0.2) is 0 Å². The average Bonchev–Trinajstić information content (AvgIpc) is 2.65. The van der Waals surface area contributed by atoms with Crippen molar-refractivity contribution < 1.29 is 9.59 Å². The lowest BCUT2D eigenvalue weighted by Crippen LogP contribution is -2.41. The van der Waals surface area contributed by atoms with Crippen LogP contribution in [0.25, 0.3) is 0 Å². The van der Waals surface area contributed by atoms with E-state index in [2.05, 4.69) is 31.5 Å². The number of para-hydroxylation sites is 1. The van der Waals surface area contributed by atoms with Crippen LogP contribution in [0, 0.1) is 5.92 Å². The molecule has 5 nitrogen and oxygen atoms in total. The zero-order chi connectivity index (χ0) is 18.4. The maximum atomic E-state index is 12.4. The van der Waals surface area contributed by atoms with Crippen molar-refractivity contribution in [2.45, 2.75) is 12.8 Å². The lowest BCUT2D eigenvalue weighted by Gasteiger charge is -2.30. The third-order valence-corrected chi connectivity index (χ3v) is 5.02. The minimum absolute atomic E-state index is 0.000917. The summed E-state index contributed by atoms with van der Waals surface area (Å²) in [6.07, 6.45) is 1.54. The van der Waals surface area contributed by atoms with Crippen molar-refractivity contribution in [1.82, 2.24) is 4.90 Å². The molecule has 1 saturated heterocycles. The molecule has 0 spiro atoms. The van der Waals surface area contributed by atoms with Crippen molar-refractivity contribution in [2.24, 2.45) is 5.92 Å². The van der Waals surface area contributed by atoms with Crippen molar-refractivity contribution in [3.8, 4) is 0 Å². The molecule has 2 aromatic carbocycles. The van der Waals surface area contributed by atoms with Crippen LogP contribution < -0.4 is 10.6 Å². The monoisotopic (exact) mass is 415 g/mol. The number of carbonyl (C=O) groups is 2. The lowest BCUT2D eigenvalue weighted by molar-refractivity contribution is -0.121. The third kappa shape index (κ3) is 5.41. The number of hydrogen-bond donors (Lipinski definition) is 2. The Morgan fingerprint density at radius 2 is 1.54 bits per heavy atom. The summed E-state index contributed by atoms with van der Waals surface area (Å²) < 4.78 is 0.978. The van der Waals surface area contributed by atoms with Crippen LogP contribution >= 0.6 is 15.9 Å². The second-order valence-electron chi connectivity index (χ2n) is 6.46. The lowest BCUT2D eigenvalue weighted by atomic mass is 9.96. The predicted molar refractivity (Wildman–Crippen MR) is 107 cm³/mol. The minimum Gasteiger partial charge on any atom is -0.326 e. The van der Waals surface area contributed by atoms with Crippen LogP contribution in [0.4, 0.5) is 11.4 Å². The maximum absolute atomic E-state index is 12.4. The van der Waals surface area contributed by atoms with Crippen LogP contribution in [0.15, 0.2) is 59.1 Å². The fourth-order valence-corrected chi connectivity index (χ4v) is 3.32. The topological polar surface area (TPSA) is 61.4 Å². The molecular formula is C20H22BrN3O2. The molecule has 0 atom stereocenters. The third-order valence-electron chi connectivity index (χ3n) is 4.49. The standard InChI is InChI=1S/C20H22BrN3O2/c21-16-6-8-18(9-7-16)22-19(25)14-24-12-10-15(11-13-24)20(26)23-17-4-2-1-3-5-17/h1-9,15H,10-14H2,(H,22,25)(H,23,26). The first kappa shape index (κ1) is 18.6.